The molecule has 0 bridgehead atoms. The molecule has 0 fully saturated rings. The van der Waals surface area contributed by atoms with Crippen molar-refractivity contribution in [3.63, 3.8) is 0 Å². The van der Waals surface area contributed by atoms with E-state index in [0.29, 0.717) is 11.8 Å². The number of aliphatic hydroxyl groups is 2. The van der Waals surface area contributed by atoms with Gasteiger partial charge in [0.1, 0.15) is 12.7 Å². The molecule has 0 aliphatic rings. The molecule has 10 nitrogen and oxygen atoms in total. The summed E-state index contributed by atoms with van der Waals surface area (Å²) in [5.41, 5.74) is 0. The van der Waals surface area contributed by atoms with Gasteiger partial charge in [-0.2, -0.15) is 0 Å². The Bertz CT molecular complexity index is 1050. The van der Waals surface area contributed by atoms with E-state index in [1.165, 1.54) is 77.0 Å². The normalized spacial score (nSPS) is 17.1. The van der Waals surface area contributed by atoms with Crippen LogP contribution in [0, 0.1) is 47.3 Å². The summed E-state index contributed by atoms with van der Waals surface area (Å²) in [5.74, 6) is 3.68. The van der Waals surface area contributed by atoms with E-state index in [0.717, 1.165) is 62.2 Å². The molecule has 3 N–H and O–H groups in total. The van der Waals surface area contributed by atoms with Gasteiger partial charge in [0.05, 0.1) is 19.8 Å². The summed E-state index contributed by atoms with van der Waals surface area (Å²) in [5, 5.41) is 18.5. The Morgan fingerprint density at radius 2 is 0.828 bits per heavy atom. The first-order valence-electron chi connectivity index (χ1n) is 23.1. The summed E-state index contributed by atoms with van der Waals surface area (Å²) < 4.78 is 33.3. The number of esters is 2. The molecule has 0 aromatic rings. The van der Waals surface area contributed by atoms with E-state index in [1.807, 2.05) is 13.8 Å². The van der Waals surface area contributed by atoms with E-state index < -0.39 is 51.8 Å². The van der Waals surface area contributed by atoms with Crippen LogP contribution >= 0.6 is 7.82 Å². The molecule has 0 saturated carbocycles. The van der Waals surface area contributed by atoms with E-state index >= 15 is 0 Å². The number of rotatable bonds is 38. The second-order valence-corrected chi connectivity index (χ2v) is 20.6. The van der Waals surface area contributed by atoms with Crippen molar-refractivity contribution in [3.8, 4) is 0 Å². The molecule has 12 heteroatoms. The predicted octanol–water partition coefficient (Wildman–Crippen LogP) is 11.5. The molecule has 0 aromatic carbocycles. The van der Waals surface area contributed by atoms with Gasteiger partial charge >= 0.3 is 19.8 Å². The SMILES string of the molecule is CC(C)CCCC(C)CCCC(C)CCCC(C)CC(=O)OC[C@H](COP(=O)(O)OCC(O)CO)OC(=O)CC(C)CCCC(C)CCCC(C)CCCC(C)C.[Na]. The Labute approximate surface area is 378 Å². The molecule has 0 aliphatic carbocycles. The fourth-order valence-corrected chi connectivity index (χ4v) is 8.19. The number of phosphoric ester groups is 1. The number of hydrogen-bond acceptors (Lipinski definition) is 9. The van der Waals surface area contributed by atoms with Crippen LogP contribution in [-0.4, -0.2) is 95.2 Å². The van der Waals surface area contributed by atoms with Crippen LogP contribution in [0.15, 0.2) is 0 Å². The maximum Gasteiger partial charge on any atom is 0.472 e. The van der Waals surface area contributed by atoms with Gasteiger partial charge in [-0.25, -0.2) is 4.57 Å². The fraction of sp³-hybridized carbons (Fsp3) is 0.957. The summed E-state index contributed by atoms with van der Waals surface area (Å²) in [6.45, 7) is 20.4. The predicted molar refractivity (Wildman–Crippen MR) is 238 cm³/mol. The zero-order valence-electron chi connectivity index (χ0n) is 39.4. The zero-order chi connectivity index (χ0) is 43.2. The average Bonchev–Trinajstić information content (AvgIpc) is 3.11. The first-order valence-corrected chi connectivity index (χ1v) is 24.6. The van der Waals surface area contributed by atoms with Gasteiger partial charge in [0, 0.05) is 42.4 Å². The number of ether oxygens (including phenoxy) is 2. The van der Waals surface area contributed by atoms with Crippen LogP contribution in [0.25, 0.3) is 0 Å². The third-order valence-corrected chi connectivity index (χ3v) is 12.3. The topological polar surface area (TPSA) is 149 Å². The van der Waals surface area contributed by atoms with Gasteiger partial charge in [-0.1, -0.05) is 185 Å². The molecule has 0 aromatic heterocycles. The molecule has 0 amide bonds. The number of carbonyl (C=O) groups is 2. The van der Waals surface area contributed by atoms with Gasteiger partial charge in [-0.05, 0) is 47.3 Å². The molecule has 1 radical (unpaired) electrons. The molecule has 0 spiro atoms. The van der Waals surface area contributed by atoms with Gasteiger partial charge in [0.15, 0.2) is 6.10 Å². The van der Waals surface area contributed by atoms with Crippen LogP contribution in [0.4, 0.5) is 0 Å². The minimum absolute atomic E-state index is 0. The van der Waals surface area contributed by atoms with E-state index in [-0.39, 0.29) is 60.8 Å². The maximum absolute atomic E-state index is 13.0. The van der Waals surface area contributed by atoms with Gasteiger partial charge in [0.25, 0.3) is 0 Å². The monoisotopic (exact) mass is 858 g/mol. The van der Waals surface area contributed by atoms with Crippen LogP contribution < -0.4 is 0 Å². The molecule has 0 saturated heterocycles. The number of aliphatic hydroxyl groups excluding tert-OH is 2. The van der Waals surface area contributed by atoms with Crippen molar-refractivity contribution < 1.29 is 47.8 Å². The summed E-state index contributed by atoms with van der Waals surface area (Å²) >= 11 is 0. The Balaban J connectivity index is 0. The molecule has 9 atom stereocenters. The Kier molecular flexibility index (Phi) is 37.7. The zero-order valence-corrected chi connectivity index (χ0v) is 42.3. The first-order chi connectivity index (χ1) is 26.8. The smallest absolute Gasteiger partial charge is 0.462 e. The van der Waals surface area contributed by atoms with E-state index in [2.05, 4.69) is 55.4 Å². The van der Waals surface area contributed by atoms with E-state index in [4.69, 9.17) is 23.6 Å². The molecule has 0 rings (SSSR count). The van der Waals surface area contributed by atoms with Crippen molar-refractivity contribution in [2.45, 2.75) is 210 Å². The van der Waals surface area contributed by atoms with Crippen molar-refractivity contribution in [1.82, 2.24) is 0 Å². The quantitative estimate of drug-likeness (QED) is 0.0311. The van der Waals surface area contributed by atoms with Crippen LogP contribution in [0.3, 0.4) is 0 Å². The molecule has 0 aliphatic heterocycles. The van der Waals surface area contributed by atoms with Crippen molar-refractivity contribution in [1.29, 1.82) is 0 Å². The third-order valence-electron chi connectivity index (χ3n) is 11.4. The van der Waals surface area contributed by atoms with Gasteiger partial charge in [0.2, 0.25) is 0 Å². The maximum atomic E-state index is 13.0. The second kappa shape index (κ2) is 36.5. The third kappa shape index (κ3) is 37.7. The molecule has 341 valence electrons. The molecular weight excluding hydrogens is 766 g/mol. The Morgan fingerprint density at radius 1 is 0.500 bits per heavy atom. The molecule has 58 heavy (non-hydrogen) atoms. The molecule has 8 unspecified atom stereocenters. The Morgan fingerprint density at radius 3 is 1.19 bits per heavy atom. The van der Waals surface area contributed by atoms with Crippen molar-refractivity contribution in [2.75, 3.05) is 26.4 Å². The number of carbonyl (C=O) groups excluding carboxylic acids is 2. The summed E-state index contributed by atoms with van der Waals surface area (Å²) in [6.07, 6.45) is 19.4. The molecular formula is C46H91NaO10P. The van der Waals surface area contributed by atoms with Crippen LogP contribution in [0.1, 0.15) is 198 Å². The van der Waals surface area contributed by atoms with Gasteiger partial charge < -0.3 is 24.6 Å². The summed E-state index contributed by atoms with van der Waals surface area (Å²) in [4.78, 5) is 35.8. The van der Waals surface area contributed by atoms with E-state index in [9.17, 15) is 24.2 Å². The van der Waals surface area contributed by atoms with Crippen LogP contribution in [0.5, 0.6) is 0 Å². The van der Waals surface area contributed by atoms with Crippen LogP contribution in [-0.2, 0) is 32.7 Å². The van der Waals surface area contributed by atoms with Gasteiger partial charge in [-0.3, -0.25) is 18.6 Å². The number of phosphoric acid groups is 1. The minimum atomic E-state index is -4.65. The largest absolute Gasteiger partial charge is 0.472 e. The number of hydrogen-bond donors (Lipinski definition) is 3. The Hall–Kier alpha value is -0.0300. The second-order valence-electron chi connectivity index (χ2n) is 19.1. The minimum Gasteiger partial charge on any atom is -0.462 e. The van der Waals surface area contributed by atoms with Crippen molar-refractivity contribution in [2.24, 2.45) is 47.3 Å². The fourth-order valence-electron chi connectivity index (χ4n) is 7.40. The first kappa shape index (κ1) is 60.1. The molecule has 0 heterocycles. The van der Waals surface area contributed by atoms with Crippen LogP contribution in [0.2, 0.25) is 0 Å². The van der Waals surface area contributed by atoms with Crippen molar-refractivity contribution in [3.05, 3.63) is 0 Å². The summed E-state index contributed by atoms with van der Waals surface area (Å²) in [7, 11) is -4.65. The van der Waals surface area contributed by atoms with E-state index in [1.54, 1.807) is 0 Å². The van der Waals surface area contributed by atoms with Gasteiger partial charge in [-0.15, -0.1) is 0 Å². The average molecular weight is 858 g/mol. The van der Waals surface area contributed by atoms with Crippen molar-refractivity contribution >= 4 is 49.3 Å². The standard InChI is InChI=1S/C46H91O10P.Na/c1-35(2)17-11-19-37(5)21-13-23-39(7)25-15-27-41(9)29-45(49)53-33-44(34-55-57(51,52)54-32-43(48)31-47)56-46(50)30-42(10)28-16-26-40(8)24-14-22-38(6)20-12-18-36(3)4;/h35-44,47-48H,11-34H2,1-10H3,(H,51,52);/t37?,38?,39?,40?,41?,42?,43?,44-;/m1./s1. The summed E-state index contributed by atoms with van der Waals surface area (Å²) in [6, 6.07) is 0.